The summed E-state index contributed by atoms with van der Waals surface area (Å²) in [7, 11) is 0. The molecule has 3 aromatic heterocycles. The molecule has 0 unspecified atom stereocenters. The van der Waals surface area contributed by atoms with Crippen molar-refractivity contribution < 1.29 is 0 Å². The second-order valence-corrected chi connectivity index (χ2v) is 8.29. The van der Waals surface area contributed by atoms with E-state index in [0.717, 1.165) is 39.1 Å². The van der Waals surface area contributed by atoms with Gasteiger partial charge in [0, 0.05) is 40.8 Å². The van der Waals surface area contributed by atoms with Crippen LogP contribution in [-0.4, -0.2) is 24.9 Å². The third-order valence-corrected chi connectivity index (χ3v) is 5.86. The number of benzene rings is 3. The Labute approximate surface area is 209 Å². The first-order chi connectivity index (χ1) is 17.8. The maximum atomic E-state index is 4.91. The lowest BCUT2D eigenvalue weighted by Crippen LogP contribution is -2.00. The fourth-order valence-electron chi connectivity index (χ4n) is 4.09. The first-order valence-corrected chi connectivity index (χ1v) is 11.7. The quantitative estimate of drug-likeness (QED) is 0.275. The predicted molar refractivity (Wildman–Crippen MR) is 143 cm³/mol. The molecular formula is C31H21N5. The largest absolute Gasteiger partial charge is 0.265 e. The summed E-state index contributed by atoms with van der Waals surface area (Å²) in [4.78, 5) is 23.4. The first kappa shape index (κ1) is 21.5. The average Bonchev–Trinajstić information content (AvgIpc) is 2.98. The molecule has 0 saturated carbocycles. The molecule has 3 heterocycles. The molecule has 0 radical (unpaired) electrons. The first-order valence-electron chi connectivity index (χ1n) is 11.7. The number of hydrogen-bond donors (Lipinski definition) is 0. The van der Waals surface area contributed by atoms with Crippen molar-refractivity contribution in [3.63, 3.8) is 0 Å². The van der Waals surface area contributed by atoms with Crippen LogP contribution in [0.15, 0.2) is 128 Å². The molecule has 0 aliphatic carbocycles. The van der Waals surface area contributed by atoms with Crippen molar-refractivity contribution in [2.75, 3.05) is 0 Å². The molecule has 5 heteroatoms. The summed E-state index contributed by atoms with van der Waals surface area (Å²) in [5, 5.41) is 0. The Morgan fingerprint density at radius 2 is 0.889 bits per heavy atom. The van der Waals surface area contributed by atoms with Gasteiger partial charge in [0.15, 0.2) is 17.5 Å². The minimum Gasteiger partial charge on any atom is -0.265 e. The standard InChI is InChI=1S/C31H21N5/c1-3-9-23(10-4-1)29-34-30(24-11-5-2-6-12-24)36-31(35-29)27-20-25(22-14-17-32-18-15-22)19-26(21-27)28-13-7-8-16-33-28/h1-21H. The summed E-state index contributed by atoms with van der Waals surface area (Å²) < 4.78 is 0. The molecule has 0 N–H and O–H groups in total. The van der Waals surface area contributed by atoms with E-state index in [1.54, 1.807) is 18.6 Å². The topological polar surface area (TPSA) is 64.5 Å². The Balaban J connectivity index is 1.58. The second-order valence-electron chi connectivity index (χ2n) is 8.29. The summed E-state index contributed by atoms with van der Waals surface area (Å²) in [5.74, 6) is 1.87. The van der Waals surface area contributed by atoms with Crippen LogP contribution in [0.4, 0.5) is 0 Å². The van der Waals surface area contributed by atoms with Crippen LogP contribution in [0, 0.1) is 0 Å². The Morgan fingerprint density at radius 3 is 1.47 bits per heavy atom. The molecule has 0 fully saturated rings. The molecule has 0 aliphatic heterocycles. The smallest absolute Gasteiger partial charge is 0.164 e. The van der Waals surface area contributed by atoms with E-state index in [-0.39, 0.29) is 0 Å². The number of nitrogens with zero attached hydrogens (tertiary/aromatic N) is 5. The molecule has 6 rings (SSSR count). The highest BCUT2D eigenvalue weighted by atomic mass is 15.0. The van der Waals surface area contributed by atoms with Crippen LogP contribution in [0.3, 0.4) is 0 Å². The van der Waals surface area contributed by atoms with Crippen molar-refractivity contribution in [2.45, 2.75) is 0 Å². The highest BCUT2D eigenvalue weighted by Crippen LogP contribution is 2.32. The molecule has 0 saturated heterocycles. The summed E-state index contributed by atoms with van der Waals surface area (Å²) in [6.45, 7) is 0. The van der Waals surface area contributed by atoms with E-state index in [2.05, 4.69) is 28.2 Å². The maximum Gasteiger partial charge on any atom is 0.164 e. The molecule has 0 atom stereocenters. The fourth-order valence-corrected chi connectivity index (χ4v) is 4.09. The SMILES string of the molecule is c1ccc(-c2nc(-c3ccccc3)nc(-c3cc(-c4ccncc4)cc(-c4ccccn4)c3)n2)cc1. The zero-order valence-electron chi connectivity index (χ0n) is 19.4. The summed E-state index contributed by atoms with van der Waals surface area (Å²) in [6.07, 6.45) is 5.40. The summed E-state index contributed by atoms with van der Waals surface area (Å²) in [5.41, 5.74) is 6.74. The van der Waals surface area contributed by atoms with Crippen LogP contribution in [-0.2, 0) is 0 Å². The average molecular weight is 464 g/mol. The van der Waals surface area contributed by atoms with E-state index >= 15 is 0 Å². The van der Waals surface area contributed by atoms with Gasteiger partial charge in [0.1, 0.15) is 0 Å². The maximum absolute atomic E-state index is 4.91. The minimum atomic E-state index is 0.607. The van der Waals surface area contributed by atoms with Crippen LogP contribution in [0.5, 0.6) is 0 Å². The number of rotatable bonds is 5. The lowest BCUT2D eigenvalue weighted by Gasteiger charge is -2.12. The monoisotopic (exact) mass is 463 g/mol. The summed E-state index contributed by atoms with van der Waals surface area (Å²) >= 11 is 0. The van der Waals surface area contributed by atoms with Gasteiger partial charge in [-0.05, 0) is 53.6 Å². The minimum absolute atomic E-state index is 0.607. The molecule has 0 amide bonds. The van der Waals surface area contributed by atoms with Gasteiger partial charge in [0.2, 0.25) is 0 Å². The van der Waals surface area contributed by atoms with E-state index in [1.807, 2.05) is 91.0 Å². The number of aromatic nitrogens is 5. The van der Waals surface area contributed by atoms with Gasteiger partial charge in [-0.3, -0.25) is 9.97 Å². The van der Waals surface area contributed by atoms with Gasteiger partial charge in [0.05, 0.1) is 5.69 Å². The van der Waals surface area contributed by atoms with Crippen LogP contribution in [0.25, 0.3) is 56.5 Å². The van der Waals surface area contributed by atoms with Crippen molar-refractivity contribution in [2.24, 2.45) is 0 Å². The van der Waals surface area contributed by atoms with Crippen LogP contribution >= 0.6 is 0 Å². The predicted octanol–water partition coefficient (Wildman–Crippen LogP) is 7.00. The molecule has 170 valence electrons. The fraction of sp³-hybridized carbons (Fsp3) is 0. The van der Waals surface area contributed by atoms with Gasteiger partial charge in [0.25, 0.3) is 0 Å². The molecular weight excluding hydrogens is 442 g/mol. The third-order valence-electron chi connectivity index (χ3n) is 5.86. The van der Waals surface area contributed by atoms with Crippen LogP contribution < -0.4 is 0 Å². The Morgan fingerprint density at radius 1 is 0.361 bits per heavy atom. The number of pyridine rings is 2. The van der Waals surface area contributed by atoms with Gasteiger partial charge in [-0.1, -0.05) is 66.7 Å². The second kappa shape index (κ2) is 9.68. The molecule has 5 nitrogen and oxygen atoms in total. The lowest BCUT2D eigenvalue weighted by atomic mass is 9.98. The van der Waals surface area contributed by atoms with Crippen molar-refractivity contribution in [1.29, 1.82) is 0 Å². The highest BCUT2D eigenvalue weighted by Gasteiger charge is 2.14. The zero-order chi connectivity index (χ0) is 24.2. The van der Waals surface area contributed by atoms with E-state index in [1.165, 1.54) is 0 Å². The molecule has 3 aromatic carbocycles. The molecule has 0 bridgehead atoms. The molecule has 6 aromatic rings. The highest BCUT2D eigenvalue weighted by molar-refractivity contribution is 5.79. The van der Waals surface area contributed by atoms with Gasteiger partial charge in [-0.2, -0.15) is 0 Å². The zero-order valence-corrected chi connectivity index (χ0v) is 19.4. The molecule has 0 spiro atoms. The lowest BCUT2D eigenvalue weighted by molar-refractivity contribution is 1.07. The number of hydrogen-bond acceptors (Lipinski definition) is 5. The Kier molecular flexibility index (Phi) is 5.78. The summed E-state index contributed by atoms with van der Waals surface area (Å²) in [6, 6.07) is 36.2. The van der Waals surface area contributed by atoms with E-state index in [0.29, 0.717) is 17.5 Å². The van der Waals surface area contributed by atoms with Crippen LogP contribution in [0.2, 0.25) is 0 Å². The van der Waals surface area contributed by atoms with E-state index in [9.17, 15) is 0 Å². The van der Waals surface area contributed by atoms with Crippen molar-refractivity contribution >= 4 is 0 Å². The van der Waals surface area contributed by atoms with E-state index < -0.39 is 0 Å². The van der Waals surface area contributed by atoms with E-state index in [4.69, 9.17) is 15.0 Å². The van der Waals surface area contributed by atoms with Crippen molar-refractivity contribution in [3.8, 4) is 56.5 Å². The van der Waals surface area contributed by atoms with Gasteiger partial charge in [-0.15, -0.1) is 0 Å². The normalized spacial score (nSPS) is 10.8. The third kappa shape index (κ3) is 4.50. The van der Waals surface area contributed by atoms with Gasteiger partial charge in [-0.25, -0.2) is 15.0 Å². The van der Waals surface area contributed by atoms with Gasteiger partial charge < -0.3 is 0 Å². The Hall–Kier alpha value is -5.03. The van der Waals surface area contributed by atoms with Crippen molar-refractivity contribution in [1.82, 2.24) is 24.9 Å². The Bertz CT molecular complexity index is 1360. The van der Waals surface area contributed by atoms with Crippen molar-refractivity contribution in [3.05, 3.63) is 128 Å². The van der Waals surface area contributed by atoms with Crippen LogP contribution in [0.1, 0.15) is 0 Å². The molecule has 0 aliphatic rings. The van der Waals surface area contributed by atoms with Gasteiger partial charge >= 0.3 is 0 Å². The molecule has 36 heavy (non-hydrogen) atoms.